The minimum absolute atomic E-state index is 0.265. The molecule has 2 N–H and O–H groups in total. The maximum atomic E-state index is 13.6. The molecular formula is C12H11BrFN3. The summed E-state index contributed by atoms with van der Waals surface area (Å²) in [4.78, 5) is 8.04. The first-order valence-electron chi connectivity index (χ1n) is 5.12. The van der Waals surface area contributed by atoms with Crippen LogP contribution in [0.1, 0.15) is 17.3 Å². The quantitative estimate of drug-likeness (QED) is 0.947. The Bertz CT molecular complexity index is 504. The summed E-state index contributed by atoms with van der Waals surface area (Å²) in [5, 5.41) is 0. The first kappa shape index (κ1) is 12.1. The van der Waals surface area contributed by atoms with Gasteiger partial charge in [0.15, 0.2) is 0 Å². The van der Waals surface area contributed by atoms with Crippen molar-refractivity contribution in [3.8, 4) is 0 Å². The highest BCUT2D eigenvalue weighted by Gasteiger charge is 2.11. The minimum Gasteiger partial charge on any atom is -0.322 e. The van der Waals surface area contributed by atoms with Gasteiger partial charge in [-0.05, 0) is 24.1 Å². The fraction of sp³-hybridized carbons (Fsp3) is 0.167. The van der Waals surface area contributed by atoms with Crippen LogP contribution in [-0.4, -0.2) is 9.97 Å². The normalized spacial score (nSPS) is 12.4. The Morgan fingerprint density at radius 3 is 2.82 bits per heavy atom. The van der Waals surface area contributed by atoms with Crippen LogP contribution in [0.2, 0.25) is 0 Å². The molecule has 0 saturated carbocycles. The first-order chi connectivity index (χ1) is 8.16. The van der Waals surface area contributed by atoms with E-state index in [2.05, 4.69) is 25.9 Å². The van der Waals surface area contributed by atoms with Crippen molar-refractivity contribution in [2.45, 2.75) is 12.5 Å². The molecule has 0 bridgehead atoms. The standard InChI is InChI=1S/C12H11BrFN3/c13-9-2-1-8(10(14)6-9)5-11(15)12-7-16-3-4-17-12/h1-4,6-7,11H,5,15H2. The summed E-state index contributed by atoms with van der Waals surface area (Å²) in [6.07, 6.45) is 5.16. The molecule has 0 radical (unpaired) electrons. The number of rotatable bonds is 3. The van der Waals surface area contributed by atoms with Gasteiger partial charge in [0.05, 0.1) is 11.7 Å². The molecule has 0 saturated heterocycles. The van der Waals surface area contributed by atoms with E-state index >= 15 is 0 Å². The van der Waals surface area contributed by atoms with Crippen molar-refractivity contribution >= 4 is 15.9 Å². The third-order valence-corrected chi connectivity index (χ3v) is 2.91. The fourth-order valence-electron chi connectivity index (χ4n) is 1.53. The van der Waals surface area contributed by atoms with E-state index in [0.717, 1.165) is 0 Å². The van der Waals surface area contributed by atoms with Crippen LogP contribution in [-0.2, 0) is 6.42 Å². The second kappa shape index (κ2) is 5.33. The predicted molar refractivity (Wildman–Crippen MR) is 66.8 cm³/mol. The zero-order valence-corrected chi connectivity index (χ0v) is 10.6. The summed E-state index contributed by atoms with van der Waals surface area (Å²) in [5.74, 6) is -0.265. The Morgan fingerprint density at radius 2 is 2.18 bits per heavy atom. The number of hydrogen-bond acceptors (Lipinski definition) is 3. The van der Waals surface area contributed by atoms with Crippen molar-refractivity contribution in [2.24, 2.45) is 5.73 Å². The molecular weight excluding hydrogens is 285 g/mol. The van der Waals surface area contributed by atoms with Gasteiger partial charge in [-0.1, -0.05) is 22.0 Å². The van der Waals surface area contributed by atoms with E-state index in [1.807, 2.05) is 0 Å². The van der Waals surface area contributed by atoms with E-state index in [9.17, 15) is 4.39 Å². The number of aromatic nitrogens is 2. The van der Waals surface area contributed by atoms with Gasteiger partial charge in [0.1, 0.15) is 5.82 Å². The zero-order chi connectivity index (χ0) is 12.3. The molecule has 1 aromatic heterocycles. The van der Waals surface area contributed by atoms with Gasteiger partial charge in [0.25, 0.3) is 0 Å². The number of hydrogen-bond donors (Lipinski definition) is 1. The summed E-state index contributed by atoms with van der Waals surface area (Å²) in [6.45, 7) is 0. The second-order valence-corrected chi connectivity index (χ2v) is 4.59. The molecule has 0 aliphatic rings. The van der Waals surface area contributed by atoms with Crippen LogP contribution in [0.3, 0.4) is 0 Å². The maximum Gasteiger partial charge on any atom is 0.127 e. The molecule has 1 unspecified atom stereocenters. The number of benzene rings is 1. The molecule has 0 aliphatic carbocycles. The molecule has 3 nitrogen and oxygen atoms in total. The molecule has 0 amide bonds. The molecule has 1 aromatic carbocycles. The smallest absolute Gasteiger partial charge is 0.127 e. The van der Waals surface area contributed by atoms with E-state index in [1.54, 1.807) is 30.7 Å². The van der Waals surface area contributed by atoms with Crippen molar-refractivity contribution in [3.63, 3.8) is 0 Å². The fourth-order valence-corrected chi connectivity index (χ4v) is 1.86. The average Bonchev–Trinajstić information content (AvgIpc) is 2.34. The van der Waals surface area contributed by atoms with Crippen LogP contribution in [0.25, 0.3) is 0 Å². The van der Waals surface area contributed by atoms with Crippen molar-refractivity contribution in [2.75, 3.05) is 0 Å². The Hall–Kier alpha value is -1.33. The third kappa shape index (κ3) is 3.08. The van der Waals surface area contributed by atoms with Gasteiger partial charge < -0.3 is 5.73 Å². The van der Waals surface area contributed by atoms with Gasteiger partial charge in [0.2, 0.25) is 0 Å². The lowest BCUT2D eigenvalue weighted by Gasteiger charge is -2.11. The van der Waals surface area contributed by atoms with Crippen LogP contribution in [0.5, 0.6) is 0 Å². The largest absolute Gasteiger partial charge is 0.322 e. The van der Waals surface area contributed by atoms with Crippen LogP contribution in [0, 0.1) is 5.82 Å². The molecule has 0 fully saturated rings. The SMILES string of the molecule is NC(Cc1ccc(Br)cc1F)c1cnccn1. The number of nitrogens with two attached hydrogens (primary N) is 1. The Labute approximate surface area is 107 Å². The molecule has 17 heavy (non-hydrogen) atoms. The lowest BCUT2D eigenvalue weighted by atomic mass is 10.0. The molecule has 2 rings (SSSR count). The van der Waals surface area contributed by atoms with Crippen LogP contribution in [0.15, 0.2) is 41.3 Å². The maximum absolute atomic E-state index is 13.6. The van der Waals surface area contributed by atoms with E-state index in [4.69, 9.17) is 5.73 Å². The van der Waals surface area contributed by atoms with Gasteiger partial charge in [-0.2, -0.15) is 0 Å². The van der Waals surface area contributed by atoms with Gasteiger partial charge in [0, 0.05) is 23.1 Å². The molecule has 2 aromatic rings. The van der Waals surface area contributed by atoms with Crippen LogP contribution >= 0.6 is 15.9 Å². The van der Waals surface area contributed by atoms with E-state index in [1.165, 1.54) is 6.07 Å². The van der Waals surface area contributed by atoms with Crippen molar-refractivity contribution in [3.05, 3.63) is 58.3 Å². The van der Waals surface area contributed by atoms with Crippen molar-refractivity contribution in [1.82, 2.24) is 9.97 Å². The Morgan fingerprint density at radius 1 is 1.35 bits per heavy atom. The van der Waals surface area contributed by atoms with Gasteiger partial charge in [-0.15, -0.1) is 0 Å². The summed E-state index contributed by atoms with van der Waals surface area (Å²) < 4.78 is 14.3. The van der Waals surface area contributed by atoms with Gasteiger partial charge in [-0.25, -0.2) is 4.39 Å². The summed E-state index contributed by atoms with van der Waals surface area (Å²) in [5.41, 5.74) is 7.19. The van der Waals surface area contributed by atoms with Crippen LogP contribution in [0.4, 0.5) is 4.39 Å². The van der Waals surface area contributed by atoms with Crippen LogP contribution < -0.4 is 5.73 Å². The van der Waals surface area contributed by atoms with E-state index in [-0.39, 0.29) is 11.9 Å². The van der Waals surface area contributed by atoms with Crippen molar-refractivity contribution in [1.29, 1.82) is 0 Å². The van der Waals surface area contributed by atoms with Gasteiger partial charge >= 0.3 is 0 Å². The summed E-state index contributed by atoms with van der Waals surface area (Å²) in [6, 6.07) is 4.59. The first-order valence-corrected chi connectivity index (χ1v) is 5.91. The average molecular weight is 296 g/mol. The van der Waals surface area contributed by atoms with E-state index < -0.39 is 0 Å². The Kier molecular flexibility index (Phi) is 3.81. The van der Waals surface area contributed by atoms with Gasteiger partial charge in [-0.3, -0.25) is 9.97 Å². The highest BCUT2D eigenvalue weighted by molar-refractivity contribution is 9.10. The minimum atomic E-state index is -0.348. The molecule has 88 valence electrons. The highest BCUT2D eigenvalue weighted by atomic mass is 79.9. The van der Waals surface area contributed by atoms with Crippen molar-refractivity contribution < 1.29 is 4.39 Å². The zero-order valence-electron chi connectivity index (χ0n) is 8.98. The second-order valence-electron chi connectivity index (χ2n) is 3.68. The summed E-state index contributed by atoms with van der Waals surface area (Å²) in [7, 11) is 0. The third-order valence-electron chi connectivity index (χ3n) is 2.42. The predicted octanol–water partition coefficient (Wildman–Crippen LogP) is 2.62. The molecule has 0 aliphatic heterocycles. The molecule has 0 spiro atoms. The highest BCUT2D eigenvalue weighted by Crippen LogP contribution is 2.19. The molecule has 1 heterocycles. The number of nitrogens with zero attached hydrogens (tertiary/aromatic N) is 2. The Balaban J connectivity index is 2.16. The lowest BCUT2D eigenvalue weighted by molar-refractivity contribution is 0.588. The summed E-state index contributed by atoms with van der Waals surface area (Å²) >= 11 is 3.21. The van der Waals surface area contributed by atoms with E-state index in [0.29, 0.717) is 22.2 Å². The lowest BCUT2D eigenvalue weighted by Crippen LogP contribution is -2.15. The topological polar surface area (TPSA) is 51.8 Å². The number of halogens is 2. The monoisotopic (exact) mass is 295 g/mol. The molecule has 1 atom stereocenters. The molecule has 5 heteroatoms.